The van der Waals surface area contributed by atoms with Crippen LogP contribution in [-0.4, -0.2) is 35.8 Å². The van der Waals surface area contributed by atoms with Crippen molar-refractivity contribution >= 4 is 33.2 Å². The summed E-state index contributed by atoms with van der Waals surface area (Å²) >= 11 is 5.75. The van der Waals surface area contributed by atoms with Gasteiger partial charge < -0.3 is 5.32 Å². The highest BCUT2D eigenvalue weighted by molar-refractivity contribution is 7.91. The minimum atomic E-state index is -2.96. The molecule has 0 bridgehead atoms. The summed E-state index contributed by atoms with van der Waals surface area (Å²) in [5, 5.41) is 2.64. The second-order valence-electron chi connectivity index (χ2n) is 4.22. The Hall–Kier alpha value is -1.21. The number of hydrogen-bond donors (Lipinski definition) is 1. The molecule has 0 radical (unpaired) electrons. The summed E-state index contributed by atoms with van der Waals surface area (Å²) in [6, 6.07) is 0. The maximum atomic E-state index is 11.7. The summed E-state index contributed by atoms with van der Waals surface area (Å²) < 4.78 is 22.5. The lowest BCUT2D eigenvalue weighted by Crippen LogP contribution is -2.18. The van der Waals surface area contributed by atoms with Crippen LogP contribution < -0.4 is 5.32 Å². The number of amides is 1. The minimum absolute atomic E-state index is 0.0780. The Morgan fingerprint density at radius 3 is 2.78 bits per heavy atom. The predicted molar refractivity (Wildman–Crippen MR) is 67.0 cm³/mol. The number of halogens is 1. The first-order chi connectivity index (χ1) is 8.46. The minimum Gasteiger partial charge on any atom is -0.308 e. The molecule has 1 N–H and O–H groups in total. The second kappa shape index (κ2) is 5.19. The Morgan fingerprint density at radius 1 is 1.44 bits per heavy atom. The average molecular weight is 290 g/mol. The second-order valence-corrected chi connectivity index (χ2v) is 6.80. The van der Waals surface area contributed by atoms with Crippen LogP contribution >= 0.6 is 11.6 Å². The zero-order valence-corrected chi connectivity index (χ0v) is 11.0. The van der Waals surface area contributed by atoms with Crippen molar-refractivity contribution in [2.45, 2.75) is 12.8 Å². The van der Waals surface area contributed by atoms with Gasteiger partial charge in [0.05, 0.1) is 11.5 Å². The van der Waals surface area contributed by atoms with Gasteiger partial charge in [0, 0.05) is 18.8 Å². The van der Waals surface area contributed by atoms with Crippen molar-refractivity contribution in [1.82, 2.24) is 9.97 Å². The molecule has 1 aromatic rings. The first-order valence-corrected chi connectivity index (χ1v) is 7.63. The summed E-state index contributed by atoms with van der Waals surface area (Å²) in [6.07, 6.45) is 3.53. The number of nitrogens with one attached hydrogen (secondary N) is 1. The molecule has 1 atom stereocenters. The van der Waals surface area contributed by atoms with Crippen LogP contribution in [-0.2, 0) is 14.6 Å². The first-order valence-electron chi connectivity index (χ1n) is 5.43. The fourth-order valence-electron chi connectivity index (χ4n) is 1.88. The number of carbonyl (C=O) groups excluding carboxylic acids is 1. The highest BCUT2D eigenvalue weighted by Gasteiger charge is 2.29. The number of carbonyl (C=O) groups is 1. The summed E-state index contributed by atoms with van der Waals surface area (Å²) in [5.41, 5.74) is 0. The highest BCUT2D eigenvalue weighted by Crippen LogP contribution is 2.22. The molecule has 0 aliphatic carbocycles. The zero-order valence-electron chi connectivity index (χ0n) is 9.47. The van der Waals surface area contributed by atoms with E-state index < -0.39 is 9.84 Å². The highest BCUT2D eigenvalue weighted by atomic mass is 35.5. The first kappa shape index (κ1) is 13.2. The normalized spacial score (nSPS) is 21.7. The van der Waals surface area contributed by atoms with E-state index in [4.69, 9.17) is 11.6 Å². The molecule has 0 spiro atoms. The topological polar surface area (TPSA) is 89.0 Å². The Bertz CT molecular complexity index is 561. The van der Waals surface area contributed by atoms with E-state index in [2.05, 4.69) is 15.3 Å². The van der Waals surface area contributed by atoms with Crippen molar-refractivity contribution in [3.8, 4) is 0 Å². The van der Waals surface area contributed by atoms with Crippen LogP contribution in [0.25, 0.3) is 0 Å². The van der Waals surface area contributed by atoms with E-state index in [1.165, 1.54) is 12.4 Å². The molecular formula is C10H12ClN3O3S. The van der Waals surface area contributed by atoms with Gasteiger partial charge in [0.2, 0.25) is 5.91 Å². The van der Waals surface area contributed by atoms with Gasteiger partial charge in [0.1, 0.15) is 0 Å². The number of rotatable bonds is 3. The SMILES string of the molecule is O=C(CC1CCS(=O)(=O)C1)Nc1nccnc1Cl. The standard InChI is InChI=1S/C10H12ClN3O3S/c11-9-10(13-3-2-12-9)14-8(15)5-7-1-4-18(16,17)6-7/h2-3,7H,1,4-6H2,(H,13,14,15). The molecule has 0 aromatic carbocycles. The Morgan fingerprint density at radius 2 is 2.17 bits per heavy atom. The van der Waals surface area contributed by atoms with Crippen molar-refractivity contribution in [1.29, 1.82) is 0 Å². The maximum Gasteiger partial charge on any atom is 0.225 e. The number of anilines is 1. The summed E-state index contributed by atoms with van der Waals surface area (Å²) in [5.74, 6) is 0.0285. The van der Waals surface area contributed by atoms with E-state index in [1.807, 2.05) is 0 Å². The number of aromatic nitrogens is 2. The lowest BCUT2D eigenvalue weighted by molar-refractivity contribution is -0.116. The molecule has 1 aliphatic heterocycles. The predicted octanol–water partition coefficient (Wildman–Crippen LogP) is 0.893. The van der Waals surface area contributed by atoms with E-state index in [0.29, 0.717) is 6.42 Å². The third kappa shape index (κ3) is 3.39. The summed E-state index contributed by atoms with van der Waals surface area (Å²) in [7, 11) is -2.96. The van der Waals surface area contributed by atoms with Gasteiger partial charge >= 0.3 is 0 Å². The number of hydrogen-bond acceptors (Lipinski definition) is 5. The molecule has 1 aromatic heterocycles. The Kier molecular flexibility index (Phi) is 3.82. The van der Waals surface area contributed by atoms with E-state index >= 15 is 0 Å². The van der Waals surface area contributed by atoms with E-state index in [-0.39, 0.29) is 40.7 Å². The van der Waals surface area contributed by atoms with Crippen molar-refractivity contribution in [3.05, 3.63) is 17.5 Å². The number of nitrogens with zero attached hydrogens (tertiary/aromatic N) is 2. The smallest absolute Gasteiger partial charge is 0.225 e. The van der Waals surface area contributed by atoms with Gasteiger partial charge in [0.25, 0.3) is 0 Å². The molecule has 18 heavy (non-hydrogen) atoms. The van der Waals surface area contributed by atoms with Gasteiger partial charge in [-0.1, -0.05) is 11.6 Å². The van der Waals surface area contributed by atoms with Crippen molar-refractivity contribution in [3.63, 3.8) is 0 Å². The summed E-state index contributed by atoms with van der Waals surface area (Å²) in [4.78, 5) is 19.4. The third-order valence-corrected chi connectivity index (χ3v) is 4.83. The molecule has 1 aliphatic rings. The molecule has 1 unspecified atom stereocenters. The van der Waals surface area contributed by atoms with Crippen LogP contribution in [0, 0.1) is 5.92 Å². The third-order valence-electron chi connectivity index (χ3n) is 2.71. The van der Waals surface area contributed by atoms with Crippen LogP contribution in [0.4, 0.5) is 5.82 Å². The van der Waals surface area contributed by atoms with E-state index in [9.17, 15) is 13.2 Å². The van der Waals surface area contributed by atoms with Gasteiger partial charge in [-0.25, -0.2) is 18.4 Å². The lowest BCUT2D eigenvalue weighted by atomic mass is 10.1. The quantitative estimate of drug-likeness (QED) is 0.893. The molecular weight excluding hydrogens is 278 g/mol. The van der Waals surface area contributed by atoms with Gasteiger partial charge in [0.15, 0.2) is 20.8 Å². The van der Waals surface area contributed by atoms with Crippen molar-refractivity contribution < 1.29 is 13.2 Å². The van der Waals surface area contributed by atoms with Crippen molar-refractivity contribution in [2.75, 3.05) is 16.8 Å². The number of sulfone groups is 1. The van der Waals surface area contributed by atoms with Gasteiger partial charge in [-0.3, -0.25) is 4.79 Å². The molecule has 8 heteroatoms. The van der Waals surface area contributed by atoms with Gasteiger partial charge in [-0.2, -0.15) is 0 Å². The van der Waals surface area contributed by atoms with Crippen molar-refractivity contribution in [2.24, 2.45) is 5.92 Å². The molecule has 98 valence electrons. The van der Waals surface area contributed by atoms with Crippen LogP contribution in [0.3, 0.4) is 0 Å². The van der Waals surface area contributed by atoms with Crippen LogP contribution in [0.1, 0.15) is 12.8 Å². The zero-order chi connectivity index (χ0) is 13.2. The largest absolute Gasteiger partial charge is 0.308 e. The molecule has 1 amide bonds. The monoisotopic (exact) mass is 289 g/mol. The molecule has 1 fully saturated rings. The van der Waals surface area contributed by atoms with Gasteiger partial charge in [-0.05, 0) is 12.3 Å². The van der Waals surface area contributed by atoms with Crippen LogP contribution in [0.15, 0.2) is 12.4 Å². The van der Waals surface area contributed by atoms with E-state index in [0.717, 1.165) is 0 Å². The summed E-state index contributed by atoms with van der Waals surface area (Å²) in [6.45, 7) is 0. The molecule has 2 heterocycles. The van der Waals surface area contributed by atoms with Crippen LogP contribution in [0.2, 0.25) is 5.15 Å². The average Bonchev–Trinajstić information content (AvgIpc) is 2.61. The fourth-order valence-corrected chi connectivity index (χ4v) is 3.90. The molecule has 6 nitrogen and oxygen atoms in total. The fraction of sp³-hybridized carbons (Fsp3) is 0.500. The Balaban J connectivity index is 1.92. The molecule has 1 saturated heterocycles. The van der Waals surface area contributed by atoms with E-state index in [1.54, 1.807) is 0 Å². The Labute approximate surface area is 110 Å². The van der Waals surface area contributed by atoms with Crippen LogP contribution in [0.5, 0.6) is 0 Å². The maximum absolute atomic E-state index is 11.7. The molecule has 2 rings (SSSR count). The lowest BCUT2D eigenvalue weighted by Gasteiger charge is -2.08. The van der Waals surface area contributed by atoms with Gasteiger partial charge in [-0.15, -0.1) is 0 Å². The molecule has 0 saturated carbocycles.